The molecule has 1 aliphatic carbocycles. The fourth-order valence-electron chi connectivity index (χ4n) is 4.33. The molecule has 1 saturated heterocycles. The molecule has 1 aromatic heterocycles. The van der Waals surface area contributed by atoms with E-state index in [1.807, 2.05) is 27.7 Å². The van der Waals surface area contributed by atoms with Gasteiger partial charge in [0.25, 0.3) is 5.91 Å². The van der Waals surface area contributed by atoms with Gasteiger partial charge in [0, 0.05) is 30.1 Å². The predicted octanol–water partition coefficient (Wildman–Crippen LogP) is 1.59. The van der Waals surface area contributed by atoms with Crippen LogP contribution in [0.1, 0.15) is 61.3 Å². The van der Waals surface area contributed by atoms with Crippen LogP contribution in [0.4, 0.5) is 5.00 Å². The van der Waals surface area contributed by atoms with Crippen molar-refractivity contribution >= 4 is 34.1 Å². The largest absolute Gasteiger partial charge is 0.365 e. The molecule has 3 rings (SSSR count). The van der Waals surface area contributed by atoms with Gasteiger partial charge in [0.2, 0.25) is 11.8 Å². The lowest BCUT2D eigenvalue weighted by Crippen LogP contribution is -2.47. The minimum absolute atomic E-state index is 0.0245. The Balaban J connectivity index is 1.57. The summed E-state index contributed by atoms with van der Waals surface area (Å²) in [6.07, 6.45) is 3.71. The number of nitrogens with zero attached hydrogens (tertiary/aromatic N) is 2. The average Bonchev–Trinajstić information content (AvgIpc) is 3.13. The Morgan fingerprint density at radius 3 is 2.52 bits per heavy atom. The monoisotopic (exact) mass is 449 g/mol. The Labute approximate surface area is 188 Å². The van der Waals surface area contributed by atoms with Gasteiger partial charge in [-0.05, 0) is 65.5 Å². The zero-order valence-corrected chi connectivity index (χ0v) is 19.9. The van der Waals surface area contributed by atoms with Crippen LogP contribution in [0.25, 0.3) is 0 Å². The summed E-state index contributed by atoms with van der Waals surface area (Å²) in [6.45, 7) is 11.2. The second-order valence-corrected chi connectivity index (χ2v) is 10.7. The van der Waals surface area contributed by atoms with Crippen LogP contribution >= 0.6 is 11.3 Å². The number of hydrogen-bond acceptors (Lipinski definition) is 6. The maximum absolute atomic E-state index is 13.0. The van der Waals surface area contributed by atoms with E-state index in [-0.39, 0.29) is 23.4 Å². The number of rotatable bonds is 6. The summed E-state index contributed by atoms with van der Waals surface area (Å²) in [6, 6.07) is -0.332. The average molecular weight is 450 g/mol. The van der Waals surface area contributed by atoms with Crippen molar-refractivity contribution in [1.82, 2.24) is 15.1 Å². The van der Waals surface area contributed by atoms with E-state index in [2.05, 4.69) is 20.4 Å². The first-order valence-corrected chi connectivity index (χ1v) is 11.9. The van der Waals surface area contributed by atoms with Gasteiger partial charge >= 0.3 is 0 Å². The van der Waals surface area contributed by atoms with Gasteiger partial charge in [-0.2, -0.15) is 0 Å². The second kappa shape index (κ2) is 9.67. The van der Waals surface area contributed by atoms with Gasteiger partial charge in [-0.25, -0.2) is 0 Å². The van der Waals surface area contributed by atoms with Crippen molar-refractivity contribution in [1.29, 1.82) is 0 Å². The van der Waals surface area contributed by atoms with Crippen molar-refractivity contribution in [3.05, 3.63) is 16.0 Å². The van der Waals surface area contributed by atoms with Crippen molar-refractivity contribution in [2.45, 2.75) is 65.0 Å². The summed E-state index contributed by atoms with van der Waals surface area (Å²) in [5.41, 5.74) is 6.87. The minimum atomic E-state index is -0.471. The molecule has 0 aromatic carbocycles. The molecule has 8 nitrogen and oxygen atoms in total. The van der Waals surface area contributed by atoms with E-state index < -0.39 is 5.91 Å². The third-order valence-corrected chi connectivity index (χ3v) is 7.04. The fraction of sp³-hybridized carbons (Fsp3) is 0.682. The van der Waals surface area contributed by atoms with Crippen LogP contribution in [0.3, 0.4) is 0 Å². The summed E-state index contributed by atoms with van der Waals surface area (Å²) >= 11 is 1.48. The van der Waals surface area contributed by atoms with Gasteiger partial charge in [-0.3, -0.25) is 24.2 Å². The van der Waals surface area contributed by atoms with E-state index in [0.717, 1.165) is 55.8 Å². The zero-order chi connectivity index (χ0) is 22.8. The molecule has 2 heterocycles. The summed E-state index contributed by atoms with van der Waals surface area (Å²) < 4.78 is 0. The lowest BCUT2D eigenvalue weighted by atomic mass is 10.1. The van der Waals surface area contributed by atoms with Crippen molar-refractivity contribution in [2.75, 3.05) is 38.0 Å². The van der Waals surface area contributed by atoms with E-state index in [1.165, 1.54) is 11.3 Å². The number of carbonyl (C=O) groups excluding carboxylic acids is 3. The van der Waals surface area contributed by atoms with Crippen molar-refractivity contribution in [3.63, 3.8) is 0 Å². The Morgan fingerprint density at radius 2 is 1.84 bits per heavy atom. The first-order valence-electron chi connectivity index (χ1n) is 11.1. The minimum Gasteiger partial charge on any atom is -0.365 e. The Hall–Kier alpha value is -1.97. The number of amides is 3. The number of primary amides is 1. The quantitative estimate of drug-likeness (QED) is 0.611. The molecule has 1 unspecified atom stereocenters. The van der Waals surface area contributed by atoms with Crippen LogP contribution in [0.5, 0.6) is 0 Å². The number of anilines is 1. The van der Waals surface area contributed by atoms with Gasteiger partial charge in [0.05, 0.1) is 18.2 Å². The molecular formula is C22H35N5O3S. The molecule has 0 radical (unpaired) electrons. The first-order chi connectivity index (χ1) is 14.5. The summed E-state index contributed by atoms with van der Waals surface area (Å²) in [5, 5.41) is 6.56. The standard InChI is InChI=1S/C22H35N5O3S/c1-14(20(30)24-21-18(19(23)29)15-7-5-8-16(15)31-21)27-10-6-9-26(11-12-27)13-17(28)25-22(2,3)4/h14H,5-13H2,1-4H3,(H2,23,29)(H,24,30)(H,25,28). The molecule has 0 spiro atoms. The Bertz CT molecular complexity index is 845. The molecular weight excluding hydrogens is 414 g/mol. The highest BCUT2D eigenvalue weighted by molar-refractivity contribution is 7.17. The number of nitrogens with one attached hydrogen (secondary N) is 2. The van der Waals surface area contributed by atoms with Gasteiger partial charge in [0.15, 0.2) is 0 Å². The van der Waals surface area contributed by atoms with Gasteiger partial charge in [-0.1, -0.05) is 0 Å². The third kappa shape index (κ3) is 6.05. The van der Waals surface area contributed by atoms with Crippen LogP contribution in [0.2, 0.25) is 0 Å². The third-order valence-electron chi connectivity index (χ3n) is 5.84. The van der Waals surface area contributed by atoms with Gasteiger partial charge in [0.1, 0.15) is 5.00 Å². The summed E-state index contributed by atoms with van der Waals surface area (Å²) in [4.78, 5) is 42.6. The lowest BCUT2D eigenvalue weighted by Gasteiger charge is -2.27. The fourth-order valence-corrected chi connectivity index (χ4v) is 5.63. The summed E-state index contributed by atoms with van der Waals surface area (Å²) in [7, 11) is 0. The van der Waals surface area contributed by atoms with E-state index >= 15 is 0 Å². The Morgan fingerprint density at radius 1 is 1.10 bits per heavy atom. The molecule has 9 heteroatoms. The smallest absolute Gasteiger partial charge is 0.251 e. The lowest BCUT2D eigenvalue weighted by molar-refractivity contribution is -0.124. The molecule has 1 aromatic rings. The van der Waals surface area contributed by atoms with Crippen LogP contribution in [0, 0.1) is 0 Å². The van der Waals surface area contributed by atoms with E-state index in [9.17, 15) is 14.4 Å². The van der Waals surface area contributed by atoms with Gasteiger partial charge < -0.3 is 16.4 Å². The topological polar surface area (TPSA) is 108 Å². The van der Waals surface area contributed by atoms with Crippen LogP contribution in [-0.4, -0.2) is 71.8 Å². The molecule has 1 atom stereocenters. The molecule has 1 fully saturated rings. The molecule has 2 aliphatic rings. The molecule has 3 amide bonds. The molecule has 31 heavy (non-hydrogen) atoms. The van der Waals surface area contributed by atoms with Crippen LogP contribution in [-0.2, 0) is 22.4 Å². The number of thiophene rings is 1. The predicted molar refractivity (Wildman–Crippen MR) is 123 cm³/mol. The van der Waals surface area contributed by atoms with E-state index in [1.54, 1.807) is 0 Å². The highest BCUT2D eigenvalue weighted by atomic mass is 32.1. The number of hydrogen-bond donors (Lipinski definition) is 3. The zero-order valence-electron chi connectivity index (χ0n) is 19.0. The number of aryl methyl sites for hydroxylation is 1. The summed E-state index contributed by atoms with van der Waals surface area (Å²) in [5.74, 6) is -0.570. The maximum Gasteiger partial charge on any atom is 0.251 e. The maximum atomic E-state index is 13.0. The molecule has 0 saturated carbocycles. The number of nitrogens with two attached hydrogens (primary N) is 1. The van der Waals surface area contributed by atoms with E-state index in [4.69, 9.17) is 5.73 Å². The van der Waals surface area contributed by atoms with Crippen molar-refractivity contribution in [3.8, 4) is 0 Å². The molecule has 4 N–H and O–H groups in total. The molecule has 0 bridgehead atoms. The highest BCUT2D eigenvalue weighted by Crippen LogP contribution is 2.38. The van der Waals surface area contributed by atoms with Crippen LogP contribution < -0.4 is 16.4 Å². The normalized spacial score (nSPS) is 18.8. The molecule has 1 aliphatic heterocycles. The first kappa shape index (κ1) is 23.7. The number of carbonyl (C=O) groups is 3. The SMILES string of the molecule is CC(C(=O)Nc1sc2c(c1C(N)=O)CCC2)N1CCCN(CC(=O)NC(C)(C)C)CC1. The van der Waals surface area contributed by atoms with Crippen LogP contribution in [0.15, 0.2) is 0 Å². The van der Waals surface area contributed by atoms with Gasteiger partial charge in [-0.15, -0.1) is 11.3 Å². The van der Waals surface area contributed by atoms with E-state index in [0.29, 0.717) is 23.7 Å². The highest BCUT2D eigenvalue weighted by Gasteiger charge is 2.29. The number of fused-ring (bicyclic) bond motifs is 1. The van der Waals surface area contributed by atoms with Crippen molar-refractivity contribution in [2.24, 2.45) is 5.73 Å². The second-order valence-electron chi connectivity index (χ2n) is 9.55. The Kier molecular flexibility index (Phi) is 7.39. The van der Waals surface area contributed by atoms with Crippen molar-refractivity contribution < 1.29 is 14.4 Å². The molecule has 172 valence electrons.